The molecule has 1 atom stereocenters. The molecule has 0 radical (unpaired) electrons. The largest absolute Gasteiger partial charge is 0.372 e. The molecule has 0 spiro atoms. The average Bonchev–Trinajstić information content (AvgIpc) is 2.11. The minimum atomic E-state index is -0.460. The first kappa shape index (κ1) is 10.9. The van der Waals surface area contributed by atoms with Gasteiger partial charge in [-0.05, 0) is 13.8 Å². The van der Waals surface area contributed by atoms with Crippen molar-refractivity contribution in [1.82, 2.24) is 4.90 Å². The molecule has 0 saturated heterocycles. The van der Waals surface area contributed by atoms with Gasteiger partial charge in [-0.15, -0.1) is 0 Å². The molecule has 0 saturated carbocycles. The quantitative estimate of drug-likeness (QED) is 0.573. The van der Waals surface area contributed by atoms with E-state index in [2.05, 4.69) is 0 Å². The van der Waals surface area contributed by atoms with Crippen molar-refractivity contribution in [2.45, 2.75) is 20.0 Å². The molecular weight excluding hydrogens is 156 g/mol. The zero-order chi connectivity index (χ0) is 9.56. The summed E-state index contributed by atoms with van der Waals surface area (Å²) in [5, 5.41) is 8.39. The molecule has 12 heavy (non-hydrogen) atoms. The molecule has 0 aliphatic rings. The normalized spacial score (nSPS) is 11.8. The smallest absolute Gasteiger partial charge is 0.252 e. The summed E-state index contributed by atoms with van der Waals surface area (Å²) < 4.78 is 4.84. The van der Waals surface area contributed by atoms with E-state index in [1.807, 2.05) is 13.0 Å². The van der Waals surface area contributed by atoms with Gasteiger partial charge >= 0.3 is 0 Å². The molecule has 68 valence electrons. The minimum absolute atomic E-state index is 0.128. The lowest BCUT2D eigenvalue weighted by Crippen LogP contribution is -2.38. The van der Waals surface area contributed by atoms with Gasteiger partial charge in [-0.25, -0.2) is 0 Å². The number of methoxy groups -OCH3 is 1. The lowest BCUT2D eigenvalue weighted by Gasteiger charge is -2.20. The van der Waals surface area contributed by atoms with E-state index in [1.165, 1.54) is 12.0 Å². The summed E-state index contributed by atoms with van der Waals surface area (Å²) in [4.78, 5) is 12.8. The minimum Gasteiger partial charge on any atom is -0.372 e. The highest BCUT2D eigenvalue weighted by molar-refractivity contribution is 5.80. The summed E-state index contributed by atoms with van der Waals surface area (Å²) in [5.74, 6) is -0.137. The van der Waals surface area contributed by atoms with Crippen molar-refractivity contribution in [2.24, 2.45) is 0 Å². The highest BCUT2D eigenvalue weighted by atomic mass is 16.5. The Morgan fingerprint density at radius 1 is 1.75 bits per heavy atom. The van der Waals surface area contributed by atoms with E-state index >= 15 is 0 Å². The number of hydrogen-bond donors (Lipinski definition) is 0. The maximum atomic E-state index is 11.3. The van der Waals surface area contributed by atoms with Crippen LogP contribution in [0.3, 0.4) is 0 Å². The van der Waals surface area contributed by atoms with E-state index in [1.54, 1.807) is 6.92 Å². The Morgan fingerprint density at radius 2 is 2.33 bits per heavy atom. The fraction of sp³-hybridized carbons (Fsp3) is 0.750. The van der Waals surface area contributed by atoms with E-state index < -0.39 is 6.10 Å². The SMILES string of the molecule is CCN(CC#N)C(=O)C(C)OC. The zero-order valence-corrected chi connectivity index (χ0v) is 7.70. The van der Waals surface area contributed by atoms with E-state index in [0.717, 1.165) is 0 Å². The first-order chi connectivity index (χ1) is 5.67. The van der Waals surface area contributed by atoms with Crippen LogP contribution in [-0.2, 0) is 9.53 Å². The molecule has 0 aromatic heterocycles. The molecule has 0 aromatic rings. The molecule has 0 aromatic carbocycles. The predicted molar refractivity (Wildman–Crippen MR) is 44.3 cm³/mol. The second-order valence-electron chi connectivity index (χ2n) is 2.39. The average molecular weight is 170 g/mol. The van der Waals surface area contributed by atoms with Crippen LogP contribution in [0.1, 0.15) is 13.8 Å². The summed E-state index contributed by atoms with van der Waals surface area (Å²) in [5.41, 5.74) is 0. The molecule has 1 unspecified atom stereocenters. The van der Waals surface area contributed by atoms with Crippen molar-refractivity contribution in [3.8, 4) is 6.07 Å². The van der Waals surface area contributed by atoms with Crippen molar-refractivity contribution >= 4 is 5.91 Å². The van der Waals surface area contributed by atoms with Crippen LogP contribution in [0.25, 0.3) is 0 Å². The van der Waals surface area contributed by atoms with Crippen molar-refractivity contribution in [3.63, 3.8) is 0 Å². The number of hydrogen-bond acceptors (Lipinski definition) is 3. The molecule has 4 heteroatoms. The standard InChI is InChI=1S/C8H14N2O2/c1-4-10(6-5-9)8(11)7(2)12-3/h7H,4,6H2,1-3H3. The summed E-state index contributed by atoms with van der Waals surface area (Å²) in [6.45, 7) is 4.17. The van der Waals surface area contributed by atoms with Crippen LogP contribution in [0.15, 0.2) is 0 Å². The van der Waals surface area contributed by atoms with Gasteiger partial charge in [0.25, 0.3) is 5.91 Å². The van der Waals surface area contributed by atoms with Gasteiger partial charge in [0, 0.05) is 13.7 Å². The molecule has 0 aliphatic heterocycles. The summed E-state index contributed by atoms with van der Waals surface area (Å²) in [6, 6.07) is 1.93. The van der Waals surface area contributed by atoms with Crippen molar-refractivity contribution in [2.75, 3.05) is 20.2 Å². The van der Waals surface area contributed by atoms with Crippen LogP contribution in [0.2, 0.25) is 0 Å². The molecule has 0 rings (SSSR count). The third-order valence-corrected chi connectivity index (χ3v) is 1.66. The molecule has 0 N–H and O–H groups in total. The number of carbonyl (C=O) groups is 1. The van der Waals surface area contributed by atoms with E-state index in [0.29, 0.717) is 6.54 Å². The lowest BCUT2D eigenvalue weighted by molar-refractivity contribution is -0.140. The first-order valence-electron chi connectivity index (χ1n) is 3.85. The number of amides is 1. The van der Waals surface area contributed by atoms with Gasteiger partial charge in [0.2, 0.25) is 0 Å². The maximum Gasteiger partial charge on any atom is 0.252 e. The number of nitriles is 1. The van der Waals surface area contributed by atoms with Crippen LogP contribution >= 0.6 is 0 Å². The Hall–Kier alpha value is -1.08. The molecule has 0 aliphatic carbocycles. The number of ether oxygens (including phenoxy) is 1. The molecule has 0 bridgehead atoms. The molecular formula is C8H14N2O2. The van der Waals surface area contributed by atoms with Gasteiger partial charge in [0.05, 0.1) is 6.07 Å². The number of carbonyl (C=O) groups excluding carboxylic acids is 1. The van der Waals surface area contributed by atoms with Crippen molar-refractivity contribution in [1.29, 1.82) is 5.26 Å². The third-order valence-electron chi connectivity index (χ3n) is 1.66. The second kappa shape index (κ2) is 5.56. The highest BCUT2D eigenvalue weighted by Crippen LogP contribution is 1.96. The third kappa shape index (κ3) is 2.89. The lowest BCUT2D eigenvalue weighted by atomic mass is 10.3. The van der Waals surface area contributed by atoms with Gasteiger partial charge < -0.3 is 9.64 Å². The Morgan fingerprint density at radius 3 is 2.67 bits per heavy atom. The van der Waals surface area contributed by atoms with Gasteiger partial charge in [-0.3, -0.25) is 4.79 Å². The molecule has 0 fully saturated rings. The highest BCUT2D eigenvalue weighted by Gasteiger charge is 2.17. The molecule has 4 nitrogen and oxygen atoms in total. The van der Waals surface area contributed by atoms with E-state index in [-0.39, 0.29) is 12.5 Å². The first-order valence-corrected chi connectivity index (χ1v) is 3.85. The fourth-order valence-corrected chi connectivity index (χ4v) is 0.789. The summed E-state index contributed by atoms with van der Waals surface area (Å²) in [6.07, 6.45) is -0.460. The summed E-state index contributed by atoms with van der Waals surface area (Å²) >= 11 is 0. The zero-order valence-electron chi connectivity index (χ0n) is 7.70. The van der Waals surface area contributed by atoms with Crippen LogP contribution in [-0.4, -0.2) is 37.1 Å². The van der Waals surface area contributed by atoms with Crippen LogP contribution in [0, 0.1) is 11.3 Å². The monoisotopic (exact) mass is 170 g/mol. The van der Waals surface area contributed by atoms with Crippen molar-refractivity contribution in [3.05, 3.63) is 0 Å². The van der Waals surface area contributed by atoms with E-state index in [9.17, 15) is 4.79 Å². The predicted octanol–water partition coefficient (Wildman–Crippen LogP) is 0.393. The summed E-state index contributed by atoms with van der Waals surface area (Å²) in [7, 11) is 1.47. The van der Waals surface area contributed by atoms with Gasteiger partial charge in [-0.1, -0.05) is 0 Å². The van der Waals surface area contributed by atoms with Crippen LogP contribution in [0.4, 0.5) is 0 Å². The van der Waals surface area contributed by atoms with Crippen LogP contribution in [0.5, 0.6) is 0 Å². The van der Waals surface area contributed by atoms with Gasteiger partial charge in [0.15, 0.2) is 0 Å². The topological polar surface area (TPSA) is 53.3 Å². The van der Waals surface area contributed by atoms with Gasteiger partial charge in [0.1, 0.15) is 12.6 Å². The Kier molecular flexibility index (Phi) is 5.06. The Balaban J connectivity index is 4.13. The number of rotatable bonds is 4. The van der Waals surface area contributed by atoms with Crippen LogP contribution < -0.4 is 0 Å². The molecule has 1 amide bonds. The second-order valence-corrected chi connectivity index (χ2v) is 2.39. The Labute approximate surface area is 72.7 Å². The van der Waals surface area contributed by atoms with Crippen molar-refractivity contribution < 1.29 is 9.53 Å². The van der Waals surface area contributed by atoms with E-state index in [4.69, 9.17) is 10.00 Å². The fourth-order valence-electron chi connectivity index (χ4n) is 0.789. The maximum absolute atomic E-state index is 11.3. The number of nitrogens with zero attached hydrogens (tertiary/aromatic N) is 2. The Bertz CT molecular complexity index is 186. The molecule has 0 heterocycles. The number of likely N-dealkylation sites (N-methyl/N-ethyl adjacent to an activating group) is 1. The van der Waals surface area contributed by atoms with Gasteiger partial charge in [-0.2, -0.15) is 5.26 Å².